The number of nitrogens with zero attached hydrogens (tertiary/aromatic N) is 1. The van der Waals surface area contributed by atoms with E-state index in [0.29, 0.717) is 5.56 Å². The van der Waals surface area contributed by atoms with Crippen molar-refractivity contribution in [2.75, 3.05) is 19.0 Å². The molecule has 2 nitrogen and oxygen atoms in total. The summed E-state index contributed by atoms with van der Waals surface area (Å²) in [5.41, 5.74) is 2.44. The van der Waals surface area contributed by atoms with Gasteiger partial charge in [-0.3, -0.25) is 4.79 Å². The van der Waals surface area contributed by atoms with E-state index < -0.39 is 18.9 Å². The van der Waals surface area contributed by atoms with Crippen LogP contribution < -0.4 is 0 Å². The molecule has 0 N–H and O–H groups in total. The van der Waals surface area contributed by atoms with Crippen LogP contribution in [-0.4, -0.2) is 36.2 Å². The summed E-state index contributed by atoms with van der Waals surface area (Å²) in [5, 5.41) is 0. The molecule has 100 valence electrons. The molecule has 0 saturated carbocycles. The molecule has 1 aromatic rings. The molecule has 0 aliphatic heterocycles. The first-order valence-electron chi connectivity index (χ1n) is 5.66. The number of hydrogen-bond acceptors (Lipinski definition) is 1. The van der Waals surface area contributed by atoms with Crippen molar-refractivity contribution in [1.29, 1.82) is 0 Å². The Bertz CT molecular complexity index is 423. The first-order valence-corrected chi connectivity index (χ1v) is 6.19. The van der Waals surface area contributed by atoms with Gasteiger partial charge in [0.2, 0.25) is 0 Å². The summed E-state index contributed by atoms with van der Waals surface area (Å²) in [6.07, 6.45) is -2.55. The van der Waals surface area contributed by atoms with Crippen molar-refractivity contribution >= 4 is 17.5 Å². The van der Waals surface area contributed by atoms with Crippen molar-refractivity contribution in [3.63, 3.8) is 0 Å². The molecule has 0 aliphatic rings. The molecule has 0 saturated heterocycles. The van der Waals surface area contributed by atoms with Crippen LogP contribution in [0.1, 0.15) is 21.5 Å². The predicted molar refractivity (Wildman–Crippen MR) is 68.5 cm³/mol. The Labute approximate surface area is 111 Å². The number of carbonyl (C=O) groups excluding carboxylic acids is 1. The van der Waals surface area contributed by atoms with Crippen molar-refractivity contribution in [3.05, 3.63) is 34.9 Å². The second kappa shape index (κ2) is 6.69. The third kappa shape index (κ3) is 3.95. The maximum atomic E-state index is 12.4. The van der Waals surface area contributed by atoms with Gasteiger partial charge in [0.15, 0.2) is 0 Å². The van der Waals surface area contributed by atoms with E-state index in [0.717, 1.165) is 16.0 Å². The van der Waals surface area contributed by atoms with Crippen LogP contribution in [0.4, 0.5) is 8.78 Å². The van der Waals surface area contributed by atoms with Gasteiger partial charge in [-0.1, -0.05) is 6.07 Å². The highest BCUT2D eigenvalue weighted by atomic mass is 35.5. The third-order valence-corrected chi connectivity index (χ3v) is 2.92. The molecule has 0 atom stereocenters. The number of amides is 1. The summed E-state index contributed by atoms with van der Waals surface area (Å²) in [6, 6.07) is 5.17. The van der Waals surface area contributed by atoms with Crippen molar-refractivity contribution in [3.8, 4) is 0 Å². The topological polar surface area (TPSA) is 20.3 Å². The van der Waals surface area contributed by atoms with E-state index in [4.69, 9.17) is 11.6 Å². The lowest BCUT2D eigenvalue weighted by molar-refractivity contribution is 0.0571. The minimum atomic E-state index is -2.55. The normalized spacial score (nSPS) is 10.8. The van der Waals surface area contributed by atoms with Crippen LogP contribution in [0.2, 0.25) is 0 Å². The Balaban J connectivity index is 2.90. The molecule has 0 heterocycles. The van der Waals surface area contributed by atoms with Crippen LogP contribution in [0.5, 0.6) is 0 Å². The van der Waals surface area contributed by atoms with E-state index in [1.165, 1.54) is 0 Å². The molecule has 0 unspecified atom stereocenters. The lowest BCUT2D eigenvalue weighted by atomic mass is 10.1. The quantitative estimate of drug-likeness (QED) is 0.756. The second-order valence-electron chi connectivity index (χ2n) is 4.13. The highest BCUT2D eigenvalue weighted by Crippen LogP contribution is 2.13. The van der Waals surface area contributed by atoms with Gasteiger partial charge in [-0.2, -0.15) is 0 Å². The zero-order valence-corrected chi connectivity index (χ0v) is 11.2. The van der Waals surface area contributed by atoms with Crippen molar-refractivity contribution in [2.24, 2.45) is 0 Å². The SMILES string of the molecule is Cc1ccc(C(=O)N(CCCl)CC(F)F)cc1C. The van der Waals surface area contributed by atoms with Crippen LogP contribution in [0, 0.1) is 13.8 Å². The van der Waals surface area contributed by atoms with E-state index in [2.05, 4.69) is 0 Å². The second-order valence-corrected chi connectivity index (χ2v) is 4.51. The molecule has 1 aromatic carbocycles. The number of hydrogen-bond donors (Lipinski definition) is 0. The lowest BCUT2D eigenvalue weighted by Crippen LogP contribution is -2.36. The average Bonchev–Trinajstić information content (AvgIpc) is 2.31. The number of halogens is 3. The summed E-state index contributed by atoms with van der Waals surface area (Å²) in [4.78, 5) is 13.2. The van der Waals surface area contributed by atoms with Gasteiger partial charge >= 0.3 is 0 Å². The Morgan fingerprint density at radius 2 is 2.00 bits per heavy atom. The van der Waals surface area contributed by atoms with Gasteiger partial charge in [-0.25, -0.2) is 8.78 Å². The largest absolute Gasteiger partial charge is 0.332 e. The minimum absolute atomic E-state index is 0.123. The average molecular weight is 276 g/mol. The lowest BCUT2D eigenvalue weighted by Gasteiger charge is -2.21. The Morgan fingerprint density at radius 3 is 2.50 bits per heavy atom. The molecular formula is C13H16ClF2NO. The maximum Gasteiger partial charge on any atom is 0.255 e. The molecular weight excluding hydrogens is 260 g/mol. The van der Waals surface area contributed by atoms with E-state index in [-0.39, 0.29) is 12.4 Å². The molecule has 0 bridgehead atoms. The van der Waals surface area contributed by atoms with Gasteiger partial charge in [0.25, 0.3) is 12.3 Å². The number of alkyl halides is 3. The van der Waals surface area contributed by atoms with Gasteiger partial charge in [0, 0.05) is 18.0 Å². The molecule has 1 amide bonds. The van der Waals surface area contributed by atoms with Crippen LogP contribution in [0.15, 0.2) is 18.2 Å². The van der Waals surface area contributed by atoms with Crippen molar-refractivity contribution in [2.45, 2.75) is 20.3 Å². The summed E-state index contributed by atoms with van der Waals surface area (Å²) in [6.45, 7) is 3.35. The minimum Gasteiger partial charge on any atom is -0.332 e. The summed E-state index contributed by atoms with van der Waals surface area (Å²) >= 11 is 5.53. The predicted octanol–water partition coefficient (Wildman–Crippen LogP) is 3.25. The summed E-state index contributed by atoms with van der Waals surface area (Å²) < 4.78 is 24.8. The van der Waals surface area contributed by atoms with Crippen LogP contribution >= 0.6 is 11.6 Å². The molecule has 0 fully saturated rings. The first-order chi connectivity index (χ1) is 8.45. The number of rotatable bonds is 5. The van der Waals surface area contributed by atoms with E-state index in [9.17, 15) is 13.6 Å². The molecule has 18 heavy (non-hydrogen) atoms. The van der Waals surface area contributed by atoms with E-state index >= 15 is 0 Å². The zero-order chi connectivity index (χ0) is 13.7. The summed E-state index contributed by atoms with van der Waals surface area (Å²) in [5.74, 6) is -0.261. The van der Waals surface area contributed by atoms with E-state index in [1.54, 1.807) is 12.1 Å². The maximum absolute atomic E-state index is 12.4. The molecule has 0 aliphatic carbocycles. The first kappa shape index (κ1) is 14.9. The van der Waals surface area contributed by atoms with Gasteiger partial charge < -0.3 is 4.90 Å². The van der Waals surface area contributed by atoms with Crippen molar-refractivity contribution < 1.29 is 13.6 Å². The van der Waals surface area contributed by atoms with Gasteiger partial charge in [0.05, 0.1) is 6.54 Å². The fourth-order valence-electron chi connectivity index (χ4n) is 1.60. The van der Waals surface area contributed by atoms with Gasteiger partial charge in [-0.15, -0.1) is 11.6 Å². The third-order valence-electron chi connectivity index (χ3n) is 2.75. The molecule has 0 spiro atoms. The van der Waals surface area contributed by atoms with Crippen LogP contribution in [0.3, 0.4) is 0 Å². The highest BCUT2D eigenvalue weighted by Gasteiger charge is 2.19. The van der Waals surface area contributed by atoms with Gasteiger partial charge in [-0.05, 0) is 37.1 Å². The van der Waals surface area contributed by atoms with Crippen LogP contribution in [-0.2, 0) is 0 Å². The van der Waals surface area contributed by atoms with Gasteiger partial charge in [0.1, 0.15) is 0 Å². The highest BCUT2D eigenvalue weighted by molar-refractivity contribution is 6.18. The number of carbonyl (C=O) groups is 1. The fourth-order valence-corrected chi connectivity index (χ4v) is 1.81. The standard InChI is InChI=1S/C13H16ClF2NO/c1-9-3-4-11(7-10(9)2)13(18)17(6-5-14)8-12(15)16/h3-4,7,12H,5-6,8H2,1-2H3. The molecule has 0 aromatic heterocycles. The van der Waals surface area contributed by atoms with Crippen molar-refractivity contribution in [1.82, 2.24) is 4.90 Å². The smallest absolute Gasteiger partial charge is 0.255 e. The Kier molecular flexibility index (Phi) is 5.54. The molecule has 1 rings (SSSR count). The van der Waals surface area contributed by atoms with E-state index in [1.807, 2.05) is 19.9 Å². The fraction of sp³-hybridized carbons (Fsp3) is 0.462. The van der Waals surface area contributed by atoms with Crippen LogP contribution in [0.25, 0.3) is 0 Å². The summed E-state index contributed by atoms with van der Waals surface area (Å²) in [7, 11) is 0. The zero-order valence-electron chi connectivity index (χ0n) is 10.4. The number of aryl methyl sites for hydroxylation is 2. The monoisotopic (exact) mass is 275 g/mol. The number of benzene rings is 1. The molecule has 0 radical (unpaired) electrons. The Hall–Kier alpha value is -1.16. The molecule has 5 heteroatoms. The Morgan fingerprint density at radius 1 is 1.33 bits per heavy atom.